The fraction of sp³-hybridized carbons (Fsp3) is 0.611. The largest absolute Gasteiger partial charge is 0.355 e. The second kappa shape index (κ2) is 9.05. The van der Waals surface area contributed by atoms with Crippen LogP contribution in [0.15, 0.2) is 23.1 Å². The average molecular weight is 385 g/mol. The van der Waals surface area contributed by atoms with Gasteiger partial charge in [0.25, 0.3) is 0 Å². The van der Waals surface area contributed by atoms with Crippen LogP contribution in [0.5, 0.6) is 0 Å². The van der Waals surface area contributed by atoms with E-state index in [0.29, 0.717) is 32.5 Å². The monoisotopic (exact) mass is 384 g/mol. The number of amides is 1. The fourth-order valence-corrected chi connectivity index (χ4v) is 4.87. The zero-order chi connectivity index (χ0) is 18.4. The van der Waals surface area contributed by atoms with E-state index in [0.717, 1.165) is 5.75 Å². The SMILES string of the molecule is CCS(=O)(=O)N1CCC(C(=O)NCCSc2ccc(C)c(C)c2)CC1. The van der Waals surface area contributed by atoms with E-state index in [2.05, 4.69) is 37.4 Å². The van der Waals surface area contributed by atoms with Crippen LogP contribution in [0, 0.1) is 19.8 Å². The van der Waals surface area contributed by atoms with Gasteiger partial charge < -0.3 is 5.32 Å². The van der Waals surface area contributed by atoms with E-state index in [4.69, 9.17) is 0 Å². The number of thioether (sulfide) groups is 1. The highest BCUT2D eigenvalue weighted by Crippen LogP contribution is 2.22. The molecule has 0 unspecified atom stereocenters. The van der Waals surface area contributed by atoms with Gasteiger partial charge in [-0.05, 0) is 56.9 Å². The minimum atomic E-state index is -3.13. The number of rotatable bonds is 7. The molecule has 140 valence electrons. The summed E-state index contributed by atoms with van der Waals surface area (Å²) in [6.45, 7) is 7.38. The Kier molecular flexibility index (Phi) is 7.34. The summed E-state index contributed by atoms with van der Waals surface area (Å²) in [4.78, 5) is 13.5. The Morgan fingerprint density at radius 3 is 2.52 bits per heavy atom. The van der Waals surface area contributed by atoms with Crippen molar-refractivity contribution in [3.63, 3.8) is 0 Å². The van der Waals surface area contributed by atoms with Gasteiger partial charge in [0.1, 0.15) is 0 Å². The number of carbonyl (C=O) groups is 1. The third-order valence-corrected chi connectivity index (χ3v) is 7.61. The van der Waals surface area contributed by atoms with Gasteiger partial charge in [-0.1, -0.05) is 6.07 Å². The molecule has 1 aromatic rings. The van der Waals surface area contributed by atoms with Crippen LogP contribution < -0.4 is 5.32 Å². The van der Waals surface area contributed by atoms with E-state index in [9.17, 15) is 13.2 Å². The summed E-state index contributed by atoms with van der Waals surface area (Å²) in [6.07, 6.45) is 1.21. The van der Waals surface area contributed by atoms with Gasteiger partial charge in [0, 0.05) is 36.2 Å². The Bertz CT molecular complexity index is 696. The van der Waals surface area contributed by atoms with Crippen molar-refractivity contribution in [2.75, 3.05) is 31.1 Å². The van der Waals surface area contributed by atoms with Gasteiger partial charge in [-0.15, -0.1) is 11.8 Å². The van der Waals surface area contributed by atoms with E-state index in [1.807, 2.05) is 0 Å². The first-order valence-electron chi connectivity index (χ1n) is 8.79. The molecular weight excluding hydrogens is 356 g/mol. The number of hydrogen-bond acceptors (Lipinski definition) is 4. The number of aryl methyl sites for hydroxylation is 2. The molecule has 1 saturated heterocycles. The molecule has 0 atom stereocenters. The lowest BCUT2D eigenvalue weighted by molar-refractivity contribution is -0.125. The fourth-order valence-electron chi connectivity index (χ4n) is 2.87. The first-order chi connectivity index (χ1) is 11.8. The van der Waals surface area contributed by atoms with Crippen molar-refractivity contribution < 1.29 is 13.2 Å². The first-order valence-corrected chi connectivity index (χ1v) is 11.4. The summed E-state index contributed by atoms with van der Waals surface area (Å²) in [5.74, 6) is 0.931. The number of nitrogens with one attached hydrogen (secondary N) is 1. The van der Waals surface area contributed by atoms with Crippen molar-refractivity contribution in [1.82, 2.24) is 9.62 Å². The molecule has 1 fully saturated rings. The van der Waals surface area contributed by atoms with Crippen molar-refractivity contribution in [2.24, 2.45) is 5.92 Å². The van der Waals surface area contributed by atoms with Gasteiger partial charge in [0.05, 0.1) is 5.75 Å². The number of hydrogen-bond donors (Lipinski definition) is 1. The predicted molar refractivity (Wildman–Crippen MR) is 103 cm³/mol. The number of piperidine rings is 1. The molecule has 0 spiro atoms. The maximum absolute atomic E-state index is 12.2. The molecule has 1 aliphatic rings. The molecule has 0 radical (unpaired) electrons. The first kappa shape index (κ1) is 20.3. The summed E-state index contributed by atoms with van der Waals surface area (Å²) >= 11 is 1.74. The molecule has 1 aromatic carbocycles. The standard InChI is InChI=1S/C18H28N2O3S2/c1-4-25(22,23)20-10-7-16(8-11-20)18(21)19-9-12-24-17-6-5-14(2)15(3)13-17/h5-6,13,16H,4,7-12H2,1-3H3,(H,19,21). The van der Waals surface area contributed by atoms with E-state index in [-0.39, 0.29) is 17.6 Å². The van der Waals surface area contributed by atoms with Crippen molar-refractivity contribution >= 4 is 27.7 Å². The molecule has 2 rings (SSSR count). The molecule has 1 heterocycles. The molecule has 0 aliphatic carbocycles. The summed E-state index contributed by atoms with van der Waals surface area (Å²) in [5.41, 5.74) is 2.57. The Morgan fingerprint density at radius 1 is 1.24 bits per heavy atom. The van der Waals surface area contributed by atoms with Crippen molar-refractivity contribution in [2.45, 2.75) is 38.5 Å². The van der Waals surface area contributed by atoms with Crippen molar-refractivity contribution in [1.29, 1.82) is 0 Å². The summed E-state index contributed by atoms with van der Waals surface area (Å²) in [5, 5.41) is 2.99. The van der Waals surface area contributed by atoms with E-state index in [1.54, 1.807) is 18.7 Å². The van der Waals surface area contributed by atoms with E-state index in [1.165, 1.54) is 20.3 Å². The van der Waals surface area contributed by atoms with Gasteiger partial charge in [0.2, 0.25) is 15.9 Å². The zero-order valence-electron chi connectivity index (χ0n) is 15.2. The number of nitrogens with zero attached hydrogens (tertiary/aromatic N) is 1. The van der Waals surface area contributed by atoms with Crippen LogP contribution in [0.25, 0.3) is 0 Å². The van der Waals surface area contributed by atoms with Gasteiger partial charge >= 0.3 is 0 Å². The van der Waals surface area contributed by atoms with Gasteiger partial charge in [-0.25, -0.2) is 12.7 Å². The highest BCUT2D eigenvalue weighted by atomic mass is 32.2. The Labute approximate surface area is 155 Å². The van der Waals surface area contributed by atoms with Gasteiger partial charge in [0.15, 0.2) is 0 Å². The molecule has 1 N–H and O–H groups in total. The quantitative estimate of drug-likeness (QED) is 0.580. The Hall–Kier alpha value is -1.05. The molecule has 25 heavy (non-hydrogen) atoms. The molecule has 0 aromatic heterocycles. The third-order valence-electron chi connectivity index (χ3n) is 4.73. The van der Waals surface area contributed by atoms with E-state index < -0.39 is 10.0 Å². The lowest BCUT2D eigenvalue weighted by Crippen LogP contribution is -2.43. The normalized spacial score (nSPS) is 16.8. The highest BCUT2D eigenvalue weighted by Gasteiger charge is 2.29. The van der Waals surface area contributed by atoms with Crippen molar-refractivity contribution in [3.05, 3.63) is 29.3 Å². The molecule has 5 nitrogen and oxygen atoms in total. The number of benzene rings is 1. The average Bonchev–Trinajstić information content (AvgIpc) is 2.61. The summed E-state index contributed by atoms with van der Waals surface area (Å²) < 4.78 is 25.2. The van der Waals surface area contributed by atoms with Gasteiger partial charge in [-0.3, -0.25) is 4.79 Å². The molecule has 1 aliphatic heterocycles. The lowest BCUT2D eigenvalue weighted by Gasteiger charge is -2.30. The lowest BCUT2D eigenvalue weighted by atomic mass is 9.97. The zero-order valence-corrected chi connectivity index (χ0v) is 16.9. The molecule has 7 heteroatoms. The van der Waals surface area contributed by atoms with Crippen LogP contribution in [0.3, 0.4) is 0 Å². The minimum absolute atomic E-state index is 0.0502. The van der Waals surface area contributed by atoms with Crippen molar-refractivity contribution in [3.8, 4) is 0 Å². The summed E-state index contributed by atoms with van der Waals surface area (Å²) in [6, 6.07) is 6.40. The van der Waals surface area contributed by atoms with Crippen LogP contribution >= 0.6 is 11.8 Å². The smallest absolute Gasteiger partial charge is 0.223 e. The second-order valence-corrected chi connectivity index (χ2v) is 9.89. The topological polar surface area (TPSA) is 66.5 Å². The van der Waals surface area contributed by atoms with Crippen LogP contribution in [-0.4, -0.2) is 49.8 Å². The van der Waals surface area contributed by atoms with Crippen LogP contribution in [0.2, 0.25) is 0 Å². The Morgan fingerprint density at radius 2 is 1.92 bits per heavy atom. The maximum Gasteiger partial charge on any atom is 0.223 e. The second-order valence-electron chi connectivity index (χ2n) is 6.46. The van der Waals surface area contributed by atoms with Crippen LogP contribution in [-0.2, 0) is 14.8 Å². The molecule has 0 bridgehead atoms. The number of carbonyl (C=O) groups excluding carboxylic acids is 1. The molecular formula is C18H28N2O3S2. The summed E-state index contributed by atoms with van der Waals surface area (Å²) in [7, 11) is -3.13. The maximum atomic E-state index is 12.2. The molecule has 0 saturated carbocycles. The van der Waals surface area contributed by atoms with Gasteiger partial charge in [-0.2, -0.15) is 0 Å². The van der Waals surface area contributed by atoms with Crippen LogP contribution in [0.4, 0.5) is 0 Å². The molecule has 1 amide bonds. The highest BCUT2D eigenvalue weighted by molar-refractivity contribution is 7.99. The predicted octanol–water partition coefficient (Wildman–Crippen LogP) is 2.57. The number of sulfonamides is 1. The van der Waals surface area contributed by atoms with E-state index >= 15 is 0 Å². The van der Waals surface area contributed by atoms with Crippen LogP contribution in [0.1, 0.15) is 30.9 Å². The minimum Gasteiger partial charge on any atom is -0.355 e. The third kappa shape index (κ3) is 5.72. The Balaban J connectivity index is 1.70.